The van der Waals surface area contributed by atoms with Crippen LogP contribution in [-0.2, 0) is 12.8 Å². The van der Waals surface area contributed by atoms with Gasteiger partial charge >= 0.3 is 0 Å². The number of nitrogens with two attached hydrogens (primary N) is 2. The molecule has 0 spiro atoms. The van der Waals surface area contributed by atoms with E-state index in [2.05, 4.69) is 9.97 Å². The normalized spacial score (nSPS) is 11.0. The number of aromatic nitrogens is 2. The highest BCUT2D eigenvalue weighted by atomic mass is 19.1. The van der Waals surface area contributed by atoms with Crippen LogP contribution >= 0.6 is 0 Å². The zero-order valence-electron chi connectivity index (χ0n) is 17.7. The Hall–Kier alpha value is -3.94. The van der Waals surface area contributed by atoms with E-state index in [1.54, 1.807) is 24.3 Å². The molecule has 0 radical (unpaired) electrons. The summed E-state index contributed by atoms with van der Waals surface area (Å²) in [5, 5.41) is 0.582. The first-order valence-corrected chi connectivity index (χ1v) is 9.88. The summed E-state index contributed by atoms with van der Waals surface area (Å²) >= 11 is 0. The number of hydrogen-bond donors (Lipinski definition) is 2. The van der Waals surface area contributed by atoms with E-state index in [0.717, 1.165) is 11.1 Å². The van der Waals surface area contributed by atoms with Crippen LogP contribution in [0.4, 0.5) is 20.5 Å². The first kappa shape index (κ1) is 21.3. The number of rotatable bonds is 6. The second-order valence-electron chi connectivity index (χ2n) is 7.32. The molecular weight excluding hydrogens is 414 g/mol. The molecule has 0 saturated carbocycles. The Morgan fingerprint density at radius 3 is 1.69 bits per heavy atom. The minimum atomic E-state index is -0.326. The van der Waals surface area contributed by atoms with E-state index in [9.17, 15) is 8.78 Å². The first-order chi connectivity index (χ1) is 15.4. The summed E-state index contributed by atoms with van der Waals surface area (Å²) < 4.78 is 38.3. The summed E-state index contributed by atoms with van der Waals surface area (Å²) in [4.78, 5) is 8.61. The van der Waals surface area contributed by atoms with Crippen LogP contribution < -0.4 is 20.9 Å². The highest BCUT2D eigenvalue weighted by Crippen LogP contribution is 2.44. The first-order valence-electron chi connectivity index (χ1n) is 9.88. The van der Waals surface area contributed by atoms with Crippen LogP contribution in [0.3, 0.4) is 0 Å². The maximum atomic E-state index is 13.4. The van der Waals surface area contributed by atoms with Crippen molar-refractivity contribution in [1.82, 2.24) is 9.97 Å². The van der Waals surface area contributed by atoms with Crippen molar-refractivity contribution in [2.45, 2.75) is 12.8 Å². The summed E-state index contributed by atoms with van der Waals surface area (Å²) in [6.07, 6.45) is 0.758. The highest BCUT2D eigenvalue weighted by molar-refractivity contribution is 5.98. The molecule has 8 heteroatoms. The maximum absolute atomic E-state index is 13.4. The lowest BCUT2D eigenvalue weighted by Gasteiger charge is -2.21. The average Bonchev–Trinajstić information content (AvgIpc) is 2.77. The van der Waals surface area contributed by atoms with Gasteiger partial charge in [-0.1, -0.05) is 24.3 Å². The molecule has 0 bridgehead atoms. The predicted molar refractivity (Wildman–Crippen MR) is 120 cm³/mol. The van der Waals surface area contributed by atoms with Gasteiger partial charge in [0, 0.05) is 24.0 Å². The number of methoxy groups -OCH3 is 2. The van der Waals surface area contributed by atoms with Crippen molar-refractivity contribution < 1.29 is 18.3 Å². The molecule has 0 aliphatic rings. The van der Waals surface area contributed by atoms with Gasteiger partial charge in [-0.3, -0.25) is 0 Å². The monoisotopic (exact) mass is 436 g/mol. The molecular formula is C24H22F2N4O2. The molecule has 0 amide bonds. The lowest BCUT2D eigenvalue weighted by atomic mass is 9.93. The molecule has 1 heterocycles. The third kappa shape index (κ3) is 3.99. The molecule has 4 rings (SSSR count). The van der Waals surface area contributed by atoms with Crippen molar-refractivity contribution in [2.24, 2.45) is 0 Å². The zero-order chi connectivity index (χ0) is 22.8. The predicted octanol–water partition coefficient (Wildman–Crippen LogP) is 4.27. The topological polar surface area (TPSA) is 96.3 Å². The van der Waals surface area contributed by atoms with Crippen molar-refractivity contribution in [3.05, 3.63) is 82.4 Å². The Balaban J connectivity index is 1.99. The van der Waals surface area contributed by atoms with Gasteiger partial charge in [0.1, 0.15) is 17.5 Å². The Bertz CT molecular complexity index is 1280. The lowest BCUT2D eigenvalue weighted by Crippen LogP contribution is -2.09. The van der Waals surface area contributed by atoms with Crippen LogP contribution in [0, 0.1) is 11.6 Å². The van der Waals surface area contributed by atoms with Crippen molar-refractivity contribution in [3.8, 4) is 11.5 Å². The van der Waals surface area contributed by atoms with E-state index in [1.807, 2.05) is 0 Å². The number of halogens is 2. The molecule has 0 atom stereocenters. The van der Waals surface area contributed by atoms with Gasteiger partial charge in [0.25, 0.3) is 0 Å². The lowest BCUT2D eigenvalue weighted by molar-refractivity contribution is 0.350. The van der Waals surface area contributed by atoms with Crippen LogP contribution in [-0.4, -0.2) is 24.2 Å². The standard InChI is InChI=1S/C24H22F2N4O2/c1-31-21-17(11-13-3-7-15(25)8-4-13)19-20(29-24(28)30-23(19)27)18(22(21)32-2)12-14-5-9-16(26)10-6-14/h3-10H,11-12H2,1-2H3,(H4,27,28,29,30). The largest absolute Gasteiger partial charge is 0.493 e. The van der Waals surface area contributed by atoms with E-state index in [4.69, 9.17) is 20.9 Å². The van der Waals surface area contributed by atoms with E-state index >= 15 is 0 Å². The van der Waals surface area contributed by atoms with Crippen molar-refractivity contribution in [2.75, 3.05) is 25.7 Å². The molecule has 1 aromatic heterocycles. The van der Waals surface area contributed by atoms with Crippen LogP contribution in [0.15, 0.2) is 48.5 Å². The number of fused-ring (bicyclic) bond motifs is 1. The summed E-state index contributed by atoms with van der Waals surface area (Å²) in [5.74, 6) is 0.517. The Morgan fingerprint density at radius 2 is 1.19 bits per heavy atom. The molecule has 0 unspecified atom stereocenters. The van der Waals surface area contributed by atoms with Gasteiger partial charge < -0.3 is 20.9 Å². The molecule has 6 nitrogen and oxygen atoms in total. The second kappa shape index (κ2) is 8.66. The Morgan fingerprint density at radius 1 is 0.719 bits per heavy atom. The van der Waals surface area contributed by atoms with Crippen molar-refractivity contribution in [1.29, 1.82) is 0 Å². The van der Waals surface area contributed by atoms with Gasteiger partial charge in [0.2, 0.25) is 5.95 Å². The fourth-order valence-electron chi connectivity index (χ4n) is 3.88. The molecule has 0 saturated heterocycles. The van der Waals surface area contributed by atoms with Crippen molar-refractivity contribution in [3.63, 3.8) is 0 Å². The second-order valence-corrected chi connectivity index (χ2v) is 7.32. The number of anilines is 2. The highest BCUT2D eigenvalue weighted by Gasteiger charge is 2.25. The fourth-order valence-corrected chi connectivity index (χ4v) is 3.88. The zero-order valence-corrected chi connectivity index (χ0v) is 17.7. The SMILES string of the molecule is COc1c(OC)c(Cc2ccc(F)cc2)c2c(N)nc(N)nc2c1Cc1ccc(F)cc1. The summed E-state index contributed by atoms with van der Waals surface area (Å²) in [5.41, 5.74) is 15.8. The molecule has 4 aromatic rings. The van der Waals surface area contributed by atoms with E-state index in [0.29, 0.717) is 46.4 Å². The smallest absolute Gasteiger partial charge is 0.222 e. The van der Waals surface area contributed by atoms with Gasteiger partial charge in [-0.05, 0) is 35.4 Å². The van der Waals surface area contributed by atoms with Gasteiger partial charge in [-0.25, -0.2) is 13.8 Å². The third-order valence-corrected chi connectivity index (χ3v) is 5.29. The van der Waals surface area contributed by atoms with Gasteiger partial charge in [-0.2, -0.15) is 4.98 Å². The minimum Gasteiger partial charge on any atom is -0.493 e. The molecule has 0 fully saturated rings. The molecule has 164 valence electrons. The van der Waals surface area contributed by atoms with Gasteiger partial charge in [0.05, 0.1) is 25.1 Å². The van der Waals surface area contributed by atoms with Gasteiger partial charge in [0.15, 0.2) is 11.5 Å². The van der Waals surface area contributed by atoms with Crippen LogP contribution in [0.1, 0.15) is 22.3 Å². The third-order valence-electron chi connectivity index (χ3n) is 5.29. The number of ether oxygens (including phenoxy) is 2. The fraction of sp³-hybridized carbons (Fsp3) is 0.167. The Kier molecular flexibility index (Phi) is 5.77. The van der Waals surface area contributed by atoms with Crippen LogP contribution in [0.5, 0.6) is 11.5 Å². The van der Waals surface area contributed by atoms with E-state index in [1.165, 1.54) is 38.5 Å². The molecule has 0 aliphatic heterocycles. The molecule has 32 heavy (non-hydrogen) atoms. The molecule has 4 N–H and O–H groups in total. The number of hydrogen-bond acceptors (Lipinski definition) is 6. The van der Waals surface area contributed by atoms with Crippen molar-refractivity contribution >= 4 is 22.7 Å². The number of nitrogen functional groups attached to an aromatic ring is 2. The van der Waals surface area contributed by atoms with Crippen LogP contribution in [0.2, 0.25) is 0 Å². The maximum Gasteiger partial charge on any atom is 0.222 e. The molecule has 0 aliphatic carbocycles. The number of nitrogens with zero attached hydrogens (tertiary/aromatic N) is 2. The van der Waals surface area contributed by atoms with E-state index < -0.39 is 0 Å². The summed E-state index contributed by atoms with van der Waals surface area (Å²) in [7, 11) is 3.07. The Labute approximate surface area is 183 Å². The summed E-state index contributed by atoms with van der Waals surface area (Å²) in [6, 6.07) is 12.3. The average molecular weight is 436 g/mol. The quantitative estimate of drug-likeness (QED) is 0.469. The summed E-state index contributed by atoms with van der Waals surface area (Å²) in [6.45, 7) is 0. The minimum absolute atomic E-state index is 0.0234. The van der Waals surface area contributed by atoms with Gasteiger partial charge in [-0.15, -0.1) is 0 Å². The number of benzene rings is 3. The van der Waals surface area contributed by atoms with E-state index in [-0.39, 0.29) is 23.4 Å². The molecule has 3 aromatic carbocycles. The van der Waals surface area contributed by atoms with Crippen LogP contribution in [0.25, 0.3) is 10.9 Å².